The highest BCUT2D eigenvalue weighted by Crippen LogP contribution is 2.47. The van der Waals surface area contributed by atoms with E-state index in [9.17, 15) is 13.2 Å². The zero-order valence-corrected chi connectivity index (χ0v) is 29.4. The fraction of sp³-hybridized carbons (Fsp3) is 0.514. The summed E-state index contributed by atoms with van der Waals surface area (Å²) in [4.78, 5) is 15.8. The summed E-state index contributed by atoms with van der Waals surface area (Å²) >= 11 is 6.45. The van der Waals surface area contributed by atoms with E-state index in [1.165, 1.54) is 11.1 Å². The third-order valence-corrected chi connectivity index (χ3v) is 13.1. The number of nitrogens with one attached hydrogen (secondary N) is 1. The van der Waals surface area contributed by atoms with Crippen LogP contribution in [0.15, 0.2) is 53.1 Å². The molecule has 1 spiro atoms. The Hall–Kier alpha value is -3.34. The van der Waals surface area contributed by atoms with Crippen LogP contribution in [0.1, 0.15) is 84.0 Å². The van der Waals surface area contributed by atoms with Gasteiger partial charge in [-0.2, -0.15) is 0 Å². The first kappa shape index (κ1) is 33.2. The van der Waals surface area contributed by atoms with E-state index in [1.54, 1.807) is 19.1 Å². The summed E-state index contributed by atoms with van der Waals surface area (Å²) in [6.07, 6.45) is 9.97. The van der Waals surface area contributed by atoms with Crippen molar-refractivity contribution in [3.63, 3.8) is 0 Å². The molecule has 4 aliphatic rings. The Morgan fingerprint density at radius 1 is 1.15 bits per heavy atom. The maximum absolute atomic E-state index is 13.4. The third-order valence-electron chi connectivity index (χ3n) is 11.1. The molecule has 3 aromatic rings. The topological polar surface area (TPSA) is 111 Å². The molecule has 1 N–H and O–H groups in total. The number of aryl methyl sites for hydroxylation is 3. The number of rotatable bonds is 3. The first-order valence-electron chi connectivity index (χ1n) is 17.1. The van der Waals surface area contributed by atoms with Gasteiger partial charge in [0.25, 0.3) is 5.91 Å². The molecular formula is C37H44ClN3O6S. The first-order chi connectivity index (χ1) is 23.0. The largest absolute Gasteiger partial charge is 0.490 e. The molecule has 2 bridgehead atoms. The van der Waals surface area contributed by atoms with Crippen molar-refractivity contribution < 1.29 is 27.2 Å². The van der Waals surface area contributed by atoms with Crippen LogP contribution >= 0.6 is 11.6 Å². The van der Waals surface area contributed by atoms with Gasteiger partial charge in [0.05, 0.1) is 35.9 Å². The van der Waals surface area contributed by atoms with Gasteiger partial charge in [-0.25, -0.2) is 13.1 Å². The number of ether oxygens (including phenoxy) is 2. The number of allylic oxidation sites excluding steroid dienone is 1. The van der Waals surface area contributed by atoms with E-state index in [0.29, 0.717) is 49.8 Å². The van der Waals surface area contributed by atoms with Crippen molar-refractivity contribution in [3.8, 4) is 5.75 Å². The highest BCUT2D eigenvalue weighted by atomic mass is 35.5. The lowest BCUT2D eigenvalue weighted by Gasteiger charge is -2.46. The van der Waals surface area contributed by atoms with Gasteiger partial charge >= 0.3 is 0 Å². The summed E-state index contributed by atoms with van der Waals surface area (Å²) < 4.78 is 47.4. The molecule has 1 amide bonds. The number of anilines is 1. The summed E-state index contributed by atoms with van der Waals surface area (Å²) in [5, 5.41) is 4.09. The normalized spacial score (nSPS) is 29.1. The minimum Gasteiger partial charge on any atom is -0.490 e. The molecule has 2 aromatic carbocycles. The highest BCUT2D eigenvalue weighted by Gasteiger charge is 2.44. The molecule has 0 radical (unpaired) electrons. The number of sulfonamides is 1. The van der Waals surface area contributed by atoms with Crippen LogP contribution in [0.2, 0.25) is 5.02 Å². The monoisotopic (exact) mass is 693 g/mol. The summed E-state index contributed by atoms with van der Waals surface area (Å²) in [5.74, 6) is 1.43. The maximum atomic E-state index is 13.4. The van der Waals surface area contributed by atoms with Gasteiger partial charge in [0.15, 0.2) is 0 Å². The number of halogens is 1. The highest BCUT2D eigenvalue weighted by molar-refractivity contribution is 7.90. The molecule has 9 nitrogen and oxygen atoms in total. The average molecular weight is 694 g/mol. The van der Waals surface area contributed by atoms with E-state index in [2.05, 4.69) is 33.0 Å². The van der Waals surface area contributed by atoms with Gasteiger partial charge in [-0.15, -0.1) is 0 Å². The van der Waals surface area contributed by atoms with E-state index in [0.717, 1.165) is 66.4 Å². The standard InChI is InChI=1S/C37H44ClN3O6S/c1-23-7-4-5-9-34(45-20-31-24(2)39-47-25(31)3)30-13-10-28(30)19-41-21-37(16-6-8-26-17-29(38)12-14-32(26)37)22-46-35-15-11-27(18-33(35)41)36(42)40-48(23,43)44/h5,9,11-12,14-15,17-18,23,28,30,34H,4,6-8,10,13,16,19-22H2,1-3H3,(H,40,42)/b9-5-/t23-,28+,30-,34+,37+/m1/s1. The number of amides is 1. The molecule has 2 aliphatic heterocycles. The van der Waals surface area contributed by atoms with Gasteiger partial charge in [-0.1, -0.05) is 35.0 Å². The molecule has 7 rings (SSSR count). The van der Waals surface area contributed by atoms with Crippen molar-refractivity contribution in [2.24, 2.45) is 11.8 Å². The zero-order valence-electron chi connectivity index (χ0n) is 27.8. The van der Waals surface area contributed by atoms with Crippen molar-refractivity contribution in [2.75, 3.05) is 24.6 Å². The summed E-state index contributed by atoms with van der Waals surface area (Å²) in [6, 6.07) is 11.5. The third kappa shape index (κ3) is 6.39. The fourth-order valence-electron chi connectivity index (χ4n) is 8.01. The molecule has 1 fully saturated rings. The van der Waals surface area contributed by atoms with E-state index < -0.39 is 21.2 Å². The number of benzene rings is 2. The molecule has 0 unspecified atom stereocenters. The predicted octanol–water partition coefficient (Wildman–Crippen LogP) is 6.83. The number of hydrogen-bond acceptors (Lipinski definition) is 8. The van der Waals surface area contributed by atoms with Crippen LogP contribution in [0, 0.1) is 25.7 Å². The van der Waals surface area contributed by atoms with E-state index >= 15 is 0 Å². The molecule has 3 heterocycles. The number of nitrogens with zero attached hydrogens (tertiary/aromatic N) is 2. The van der Waals surface area contributed by atoms with Crippen molar-refractivity contribution >= 4 is 33.2 Å². The molecule has 1 aromatic heterocycles. The lowest BCUT2D eigenvalue weighted by molar-refractivity contribution is -0.0231. The molecule has 1 saturated carbocycles. The zero-order chi connectivity index (χ0) is 33.6. The van der Waals surface area contributed by atoms with Gasteiger partial charge < -0.3 is 18.9 Å². The van der Waals surface area contributed by atoms with Crippen LogP contribution in [0.3, 0.4) is 0 Å². The predicted molar refractivity (Wildman–Crippen MR) is 185 cm³/mol. The summed E-state index contributed by atoms with van der Waals surface area (Å²) in [6.45, 7) is 7.83. The van der Waals surface area contributed by atoms with E-state index in [-0.39, 0.29) is 17.4 Å². The molecule has 48 heavy (non-hydrogen) atoms. The molecule has 2 aliphatic carbocycles. The van der Waals surface area contributed by atoms with Crippen LogP contribution in [0.5, 0.6) is 5.75 Å². The fourth-order valence-corrected chi connectivity index (χ4v) is 9.23. The van der Waals surface area contributed by atoms with Gasteiger partial charge in [0.2, 0.25) is 10.0 Å². The van der Waals surface area contributed by atoms with Crippen molar-refractivity contribution in [3.05, 3.63) is 87.3 Å². The van der Waals surface area contributed by atoms with Gasteiger partial charge in [0, 0.05) is 34.7 Å². The number of carbonyl (C=O) groups is 1. The van der Waals surface area contributed by atoms with Crippen LogP contribution in [0.25, 0.3) is 0 Å². The van der Waals surface area contributed by atoms with Crippen molar-refractivity contribution in [2.45, 2.75) is 89.1 Å². The van der Waals surface area contributed by atoms with Gasteiger partial charge in [0.1, 0.15) is 11.5 Å². The second kappa shape index (κ2) is 13.2. The second-order valence-corrected chi connectivity index (χ2v) is 16.7. The van der Waals surface area contributed by atoms with E-state index in [1.807, 2.05) is 32.1 Å². The summed E-state index contributed by atoms with van der Waals surface area (Å²) in [7, 11) is -3.90. The SMILES string of the molecule is Cc1noc(C)c1CO[C@H]1/C=C\CC[C@@H](C)S(=O)(=O)NC(=O)c2ccc3c(c2)N(C[C@@H]2CC[C@H]21)C[C@@]1(CCCc2cc(Cl)ccc21)CO3. The Bertz CT molecular complexity index is 1820. The lowest BCUT2D eigenvalue weighted by atomic mass is 9.68. The Morgan fingerprint density at radius 3 is 2.77 bits per heavy atom. The van der Waals surface area contributed by atoms with Crippen molar-refractivity contribution in [1.82, 2.24) is 9.88 Å². The summed E-state index contributed by atoms with van der Waals surface area (Å²) in [5.41, 5.74) is 5.16. The molecule has 256 valence electrons. The maximum Gasteiger partial charge on any atom is 0.264 e. The number of hydrogen-bond donors (Lipinski definition) is 1. The molecule has 5 atom stereocenters. The Labute approximate surface area is 288 Å². The first-order valence-corrected chi connectivity index (χ1v) is 19.0. The Balaban J connectivity index is 1.27. The Kier molecular flexibility index (Phi) is 9.10. The van der Waals surface area contributed by atoms with Crippen LogP contribution in [0.4, 0.5) is 5.69 Å². The van der Waals surface area contributed by atoms with Crippen LogP contribution in [-0.4, -0.2) is 50.5 Å². The van der Waals surface area contributed by atoms with Crippen LogP contribution < -0.4 is 14.4 Å². The minimum atomic E-state index is -3.90. The van der Waals surface area contributed by atoms with Crippen molar-refractivity contribution in [1.29, 1.82) is 0 Å². The second-order valence-electron chi connectivity index (χ2n) is 14.2. The number of fused-ring (bicyclic) bond motifs is 4. The molecule has 0 saturated heterocycles. The Morgan fingerprint density at radius 2 is 2.00 bits per heavy atom. The average Bonchev–Trinajstić information content (AvgIpc) is 3.28. The van der Waals surface area contributed by atoms with Gasteiger partial charge in [-0.05, 0) is 119 Å². The minimum absolute atomic E-state index is 0.155. The number of carbonyl (C=O) groups excluding carboxylic acids is 1. The quantitative estimate of drug-likeness (QED) is 0.298. The molecule has 11 heteroatoms. The van der Waals surface area contributed by atoms with Gasteiger partial charge in [-0.3, -0.25) is 4.79 Å². The number of aromatic nitrogens is 1. The smallest absolute Gasteiger partial charge is 0.264 e. The van der Waals surface area contributed by atoms with Crippen LogP contribution in [-0.2, 0) is 33.2 Å². The van der Waals surface area contributed by atoms with E-state index in [4.69, 9.17) is 25.6 Å². The lowest BCUT2D eigenvalue weighted by Crippen LogP contribution is -2.49. The molecular weight excluding hydrogens is 650 g/mol.